The summed E-state index contributed by atoms with van der Waals surface area (Å²) in [6.07, 6.45) is 1.54. The van der Waals surface area contributed by atoms with E-state index in [4.69, 9.17) is 22.1 Å². The summed E-state index contributed by atoms with van der Waals surface area (Å²) in [7, 11) is 0. The summed E-state index contributed by atoms with van der Waals surface area (Å²) < 4.78 is 18.5. The summed E-state index contributed by atoms with van der Waals surface area (Å²) in [5, 5.41) is 0.596. The third kappa shape index (κ3) is 2.73. The Morgan fingerprint density at radius 3 is 3.06 bits per heavy atom. The number of hydrogen-bond donors (Lipinski definition) is 1. The lowest BCUT2D eigenvalue weighted by molar-refractivity contribution is 0.0422. The van der Waals surface area contributed by atoms with E-state index < -0.39 is 0 Å². The van der Waals surface area contributed by atoms with E-state index in [1.807, 2.05) is 0 Å². The van der Waals surface area contributed by atoms with E-state index in [0.29, 0.717) is 24.7 Å². The summed E-state index contributed by atoms with van der Waals surface area (Å²) in [6.45, 7) is 1.35. The van der Waals surface area contributed by atoms with Crippen LogP contribution in [-0.2, 0) is 11.2 Å². The van der Waals surface area contributed by atoms with Crippen LogP contribution in [0.3, 0.4) is 0 Å². The topological polar surface area (TPSA) is 35.2 Å². The zero-order chi connectivity index (χ0) is 11.5. The normalized spacial score (nSPS) is 25.7. The number of hydrogen-bond acceptors (Lipinski definition) is 2. The Hall–Kier alpha value is -0.640. The van der Waals surface area contributed by atoms with Crippen molar-refractivity contribution in [3.63, 3.8) is 0 Å². The van der Waals surface area contributed by atoms with E-state index in [0.717, 1.165) is 12.0 Å². The van der Waals surface area contributed by atoms with Crippen molar-refractivity contribution < 1.29 is 9.13 Å². The monoisotopic (exact) mass is 243 g/mol. The molecule has 2 nitrogen and oxygen atoms in total. The van der Waals surface area contributed by atoms with Crippen LogP contribution in [0.2, 0.25) is 5.02 Å². The minimum Gasteiger partial charge on any atom is -0.381 e. The number of rotatable bonds is 2. The van der Waals surface area contributed by atoms with Crippen molar-refractivity contribution >= 4 is 11.6 Å². The first kappa shape index (κ1) is 11.8. The van der Waals surface area contributed by atoms with Gasteiger partial charge in [-0.05, 0) is 36.6 Å². The largest absolute Gasteiger partial charge is 0.381 e. The maximum absolute atomic E-state index is 13.1. The average molecular weight is 244 g/mol. The zero-order valence-electron chi connectivity index (χ0n) is 8.96. The van der Waals surface area contributed by atoms with Crippen molar-refractivity contribution in [2.24, 2.45) is 11.7 Å². The molecule has 1 aromatic carbocycles. The second-order valence-corrected chi connectivity index (χ2v) is 4.63. The molecule has 0 spiro atoms. The van der Waals surface area contributed by atoms with Gasteiger partial charge in [-0.25, -0.2) is 4.39 Å². The second kappa shape index (κ2) is 5.13. The molecule has 0 aliphatic carbocycles. The summed E-state index contributed by atoms with van der Waals surface area (Å²) >= 11 is 6.01. The molecule has 2 unspecified atom stereocenters. The molecule has 16 heavy (non-hydrogen) atoms. The predicted octanol–water partition coefficient (Wildman–Crippen LogP) is 2.39. The Bertz CT molecular complexity index is 372. The molecule has 0 saturated carbocycles. The number of ether oxygens (including phenoxy) is 1. The van der Waals surface area contributed by atoms with Gasteiger partial charge in [-0.1, -0.05) is 11.6 Å². The highest BCUT2D eigenvalue weighted by Crippen LogP contribution is 2.24. The van der Waals surface area contributed by atoms with E-state index in [2.05, 4.69) is 0 Å². The van der Waals surface area contributed by atoms with Crippen molar-refractivity contribution in [2.45, 2.75) is 18.9 Å². The molecule has 1 aliphatic heterocycles. The molecule has 1 saturated heterocycles. The van der Waals surface area contributed by atoms with Crippen LogP contribution >= 0.6 is 11.6 Å². The van der Waals surface area contributed by atoms with E-state index in [1.54, 1.807) is 6.07 Å². The molecule has 1 fully saturated rings. The molecule has 2 atom stereocenters. The molecule has 0 aromatic heterocycles. The fourth-order valence-electron chi connectivity index (χ4n) is 2.01. The highest BCUT2D eigenvalue weighted by molar-refractivity contribution is 6.31. The van der Waals surface area contributed by atoms with Crippen LogP contribution in [0.25, 0.3) is 0 Å². The lowest BCUT2D eigenvalue weighted by Crippen LogP contribution is -2.39. The number of halogens is 2. The molecule has 1 aliphatic rings. The molecule has 0 radical (unpaired) electrons. The van der Waals surface area contributed by atoms with Crippen LogP contribution in [0, 0.1) is 11.7 Å². The second-order valence-electron chi connectivity index (χ2n) is 4.23. The average Bonchev–Trinajstić information content (AvgIpc) is 2.27. The van der Waals surface area contributed by atoms with Crippen molar-refractivity contribution in [1.29, 1.82) is 0 Å². The van der Waals surface area contributed by atoms with Crippen LogP contribution in [0.5, 0.6) is 0 Å². The Kier molecular flexibility index (Phi) is 3.79. The number of benzene rings is 1. The Labute approximate surface area is 99.5 Å². The van der Waals surface area contributed by atoms with Crippen LogP contribution in [0.15, 0.2) is 18.2 Å². The van der Waals surface area contributed by atoms with Crippen LogP contribution in [0.1, 0.15) is 12.0 Å². The first-order valence-electron chi connectivity index (χ1n) is 5.44. The Balaban J connectivity index is 2.10. The summed E-state index contributed by atoms with van der Waals surface area (Å²) in [5.41, 5.74) is 6.81. The van der Waals surface area contributed by atoms with Gasteiger partial charge in [0, 0.05) is 23.6 Å². The van der Waals surface area contributed by atoms with E-state index in [-0.39, 0.29) is 17.8 Å². The fraction of sp³-hybridized carbons (Fsp3) is 0.500. The highest BCUT2D eigenvalue weighted by atomic mass is 35.5. The SMILES string of the molecule is NC1CCOCC1Cc1cc(F)ccc1Cl. The summed E-state index contributed by atoms with van der Waals surface area (Å²) in [5.74, 6) is -0.0299. The minimum absolute atomic E-state index is 0.119. The standard InChI is InChI=1S/C12H15ClFNO/c13-11-2-1-10(14)6-8(11)5-9-7-16-4-3-12(9)15/h1-2,6,9,12H,3-5,7,15H2. The van der Waals surface area contributed by atoms with Gasteiger partial charge in [0.15, 0.2) is 0 Å². The molecule has 0 amide bonds. The molecular weight excluding hydrogens is 229 g/mol. The van der Waals surface area contributed by atoms with Gasteiger partial charge >= 0.3 is 0 Å². The van der Waals surface area contributed by atoms with Crippen molar-refractivity contribution in [3.05, 3.63) is 34.6 Å². The van der Waals surface area contributed by atoms with E-state index >= 15 is 0 Å². The smallest absolute Gasteiger partial charge is 0.123 e. The molecule has 2 N–H and O–H groups in total. The van der Waals surface area contributed by atoms with Gasteiger partial charge in [0.25, 0.3) is 0 Å². The van der Waals surface area contributed by atoms with Gasteiger partial charge in [-0.15, -0.1) is 0 Å². The fourth-order valence-corrected chi connectivity index (χ4v) is 2.20. The summed E-state index contributed by atoms with van der Waals surface area (Å²) in [4.78, 5) is 0. The van der Waals surface area contributed by atoms with Gasteiger partial charge in [-0.2, -0.15) is 0 Å². The van der Waals surface area contributed by atoms with Crippen molar-refractivity contribution in [1.82, 2.24) is 0 Å². The molecule has 1 heterocycles. The number of nitrogens with two attached hydrogens (primary N) is 1. The maximum atomic E-state index is 13.1. The molecule has 88 valence electrons. The molecule has 1 aromatic rings. The lowest BCUT2D eigenvalue weighted by atomic mass is 9.90. The van der Waals surface area contributed by atoms with Gasteiger partial charge in [-0.3, -0.25) is 0 Å². The van der Waals surface area contributed by atoms with Crippen molar-refractivity contribution in [3.8, 4) is 0 Å². The Morgan fingerprint density at radius 1 is 1.50 bits per heavy atom. The van der Waals surface area contributed by atoms with Gasteiger partial charge in [0.1, 0.15) is 5.82 Å². The van der Waals surface area contributed by atoms with Gasteiger partial charge in [0.05, 0.1) is 6.61 Å². The highest BCUT2D eigenvalue weighted by Gasteiger charge is 2.23. The molecular formula is C12H15ClFNO. The van der Waals surface area contributed by atoms with Gasteiger partial charge < -0.3 is 10.5 Å². The lowest BCUT2D eigenvalue weighted by Gasteiger charge is -2.28. The summed E-state index contributed by atoms with van der Waals surface area (Å²) in [6, 6.07) is 4.54. The van der Waals surface area contributed by atoms with E-state index in [1.165, 1.54) is 12.1 Å². The maximum Gasteiger partial charge on any atom is 0.123 e. The van der Waals surface area contributed by atoms with Crippen LogP contribution in [-0.4, -0.2) is 19.3 Å². The predicted molar refractivity (Wildman–Crippen MR) is 62.0 cm³/mol. The third-order valence-electron chi connectivity index (χ3n) is 3.02. The quantitative estimate of drug-likeness (QED) is 0.866. The van der Waals surface area contributed by atoms with Gasteiger partial charge in [0.2, 0.25) is 0 Å². The molecule has 2 rings (SSSR count). The molecule has 4 heteroatoms. The minimum atomic E-state index is -0.260. The van der Waals surface area contributed by atoms with Crippen LogP contribution < -0.4 is 5.73 Å². The Morgan fingerprint density at radius 2 is 2.31 bits per heavy atom. The van der Waals surface area contributed by atoms with Crippen molar-refractivity contribution in [2.75, 3.05) is 13.2 Å². The van der Waals surface area contributed by atoms with Crippen LogP contribution in [0.4, 0.5) is 4.39 Å². The third-order valence-corrected chi connectivity index (χ3v) is 3.39. The van der Waals surface area contributed by atoms with E-state index in [9.17, 15) is 4.39 Å². The zero-order valence-corrected chi connectivity index (χ0v) is 9.71. The molecule has 0 bridgehead atoms. The first-order chi connectivity index (χ1) is 7.66. The first-order valence-corrected chi connectivity index (χ1v) is 5.82.